The van der Waals surface area contributed by atoms with Crippen molar-refractivity contribution in [2.45, 2.75) is 24.9 Å². The van der Waals surface area contributed by atoms with Crippen LogP contribution in [0.5, 0.6) is 0 Å². The highest BCUT2D eigenvalue weighted by molar-refractivity contribution is 7.24. The molecule has 0 amide bonds. The molecule has 4 N–H and O–H groups in total. The molecule has 2 rings (SSSR count). The average Bonchev–Trinajstić information content (AvgIpc) is 2.62. The number of nitrogens with zero attached hydrogens (tertiary/aromatic N) is 1. The van der Waals surface area contributed by atoms with E-state index >= 15 is 0 Å². The quantitative estimate of drug-likeness (QED) is 0.404. The molecule has 4 atom stereocenters. The van der Waals surface area contributed by atoms with Gasteiger partial charge < -0.3 is 29.4 Å². The van der Waals surface area contributed by atoms with Crippen molar-refractivity contribution < 1.29 is 23.6 Å². The standard InChI is InChI=1S/C15H22N3O7P/c1-10-13(25-15(7-22-2,8-23-10)9-24-26-21)18-6-11(4-3-5-16)12(19)17-14(18)20/h6,10,13,21,26H,5,7-9,16H2,1-2H3,(H,17,19,20). The maximum atomic E-state index is 12.3. The molecule has 0 aromatic carbocycles. The first-order chi connectivity index (χ1) is 12.5. The van der Waals surface area contributed by atoms with Crippen LogP contribution in [0.4, 0.5) is 0 Å². The highest BCUT2D eigenvalue weighted by Crippen LogP contribution is 2.31. The van der Waals surface area contributed by atoms with Crippen molar-refractivity contribution in [1.29, 1.82) is 0 Å². The monoisotopic (exact) mass is 387 g/mol. The number of aromatic amines is 1. The molecule has 0 spiro atoms. The molecule has 10 nitrogen and oxygen atoms in total. The summed E-state index contributed by atoms with van der Waals surface area (Å²) in [7, 11) is 0.768. The van der Waals surface area contributed by atoms with Crippen molar-refractivity contribution in [1.82, 2.24) is 9.55 Å². The zero-order chi connectivity index (χ0) is 19.2. The lowest BCUT2D eigenvalue weighted by atomic mass is 10.1. The Morgan fingerprint density at radius 1 is 1.54 bits per heavy atom. The molecule has 1 aromatic heterocycles. The number of methoxy groups -OCH3 is 1. The van der Waals surface area contributed by atoms with Crippen molar-refractivity contribution >= 4 is 9.03 Å². The first-order valence-electron chi connectivity index (χ1n) is 7.80. The van der Waals surface area contributed by atoms with Crippen LogP contribution in [0.2, 0.25) is 0 Å². The van der Waals surface area contributed by atoms with Gasteiger partial charge in [0.15, 0.2) is 15.3 Å². The molecular formula is C15H22N3O7P. The highest BCUT2D eigenvalue weighted by atomic mass is 31.1. The minimum absolute atomic E-state index is 0.0109. The number of ether oxygens (including phenoxy) is 3. The fraction of sp³-hybridized carbons (Fsp3) is 0.600. The summed E-state index contributed by atoms with van der Waals surface area (Å²) in [6.45, 7) is 2.10. The smallest absolute Gasteiger partial charge is 0.330 e. The summed E-state index contributed by atoms with van der Waals surface area (Å²) in [5, 5.41) is 0. The normalized spacial score (nSPS) is 26.0. The van der Waals surface area contributed by atoms with Gasteiger partial charge in [-0.2, -0.15) is 0 Å². The number of nitrogens with two attached hydrogens (primary N) is 1. The Morgan fingerprint density at radius 3 is 2.96 bits per heavy atom. The third-order valence-electron chi connectivity index (χ3n) is 3.76. The predicted octanol–water partition coefficient (Wildman–Crippen LogP) is -1.32. The van der Waals surface area contributed by atoms with E-state index in [1.54, 1.807) is 6.92 Å². The molecule has 1 fully saturated rings. The van der Waals surface area contributed by atoms with Crippen LogP contribution >= 0.6 is 9.03 Å². The van der Waals surface area contributed by atoms with E-state index in [4.69, 9.17) is 29.4 Å². The van der Waals surface area contributed by atoms with Gasteiger partial charge in [-0.15, -0.1) is 0 Å². The number of aromatic nitrogens is 2. The fourth-order valence-corrected chi connectivity index (χ4v) is 2.89. The van der Waals surface area contributed by atoms with Crippen LogP contribution in [-0.2, 0) is 18.7 Å². The average molecular weight is 387 g/mol. The molecule has 0 bridgehead atoms. The largest absolute Gasteiger partial charge is 0.381 e. The minimum Gasteiger partial charge on any atom is -0.381 e. The van der Waals surface area contributed by atoms with Crippen molar-refractivity contribution in [2.24, 2.45) is 5.73 Å². The highest BCUT2D eigenvalue weighted by Gasteiger charge is 2.43. The summed E-state index contributed by atoms with van der Waals surface area (Å²) in [4.78, 5) is 35.3. The summed E-state index contributed by atoms with van der Waals surface area (Å²) in [5.74, 6) is 5.19. The van der Waals surface area contributed by atoms with E-state index in [0.717, 1.165) is 0 Å². The van der Waals surface area contributed by atoms with Gasteiger partial charge in [-0.25, -0.2) is 4.79 Å². The van der Waals surface area contributed by atoms with Gasteiger partial charge in [-0.1, -0.05) is 11.8 Å². The van der Waals surface area contributed by atoms with Crippen LogP contribution in [0, 0.1) is 11.8 Å². The van der Waals surface area contributed by atoms with E-state index in [9.17, 15) is 9.59 Å². The summed E-state index contributed by atoms with van der Waals surface area (Å²) >= 11 is 0. The molecule has 26 heavy (non-hydrogen) atoms. The van der Waals surface area contributed by atoms with Crippen molar-refractivity contribution in [3.63, 3.8) is 0 Å². The Morgan fingerprint density at radius 2 is 2.31 bits per heavy atom. The van der Waals surface area contributed by atoms with Crippen LogP contribution in [0.15, 0.2) is 15.8 Å². The summed E-state index contributed by atoms with van der Waals surface area (Å²) in [5.41, 5.74) is 3.13. The molecule has 4 unspecified atom stereocenters. The van der Waals surface area contributed by atoms with Gasteiger partial charge in [0.2, 0.25) is 0 Å². The lowest BCUT2D eigenvalue weighted by Crippen LogP contribution is -2.55. The molecule has 0 aliphatic carbocycles. The molecule has 1 aromatic rings. The summed E-state index contributed by atoms with van der Waals surface area (Å²) in [6.07, 6.45) is -0.0333. The van der Waals surface area contributed by atoms with Crippen LogP contribution < -0.4 is 17.0 Å². The minimum atomic E-state index is -1.01. The molecule has 0 radical (unpaired) electrons. The molecule has 144 valence electrons. The molecule has 2 heterocycles. The zero-order valence-electron chi connectivity index (χ0n) is 14.5. The molecular weight excluding hydrogens is 365 g/mol. The lowest BCUT2D eigenvalue weighted by Gasteiger charge is -2.43. The first kappa shape index (κ1) is 20.7. The Bertz CT molecular complexity index is 780. The Hall–Kier alpha value is -1.57. The van der Waals surface area contributed by atoms with Crippen LogP contribution in [0.3, 0.4) is 0 Å². The van der Waals surface area contributed by atoms with Gasteiger partial charge in [-0.3, -0.25) is 14.3 Å². The summed E-state index contributed by atoms with van der Waals surface area (Å²) < 4.78 is 23.3. The second kappa shape index (κ2) is 9.39. The Labute approximate surface area is 151 Å². The third-order valence-corrected chi connectivity index (χ3v) is 4.03. The van der Waals surface area contributed by atoms with Gasteiger partial charge in [-0.05, 0) is 6.92 Å². The lowest BCUT2D eigenvalue weighted by molar-refractivity contribution is -0.273. The Balaban J connectivity index is 2.41. The van der Waals surface area contributed by atoms with Crippen molar-refractivity contribution in [3.8, 4) is 11.8 Å². The first-order valence-corrected chi connectivity index (χ1v) is 8.65. The van der Waals surface area contributed by atoms with Crippen LogP contribution in [-0.4, -0.2) is 59.6 Å². The number of hydrogen-bond acceptors (Lipinski definition) is 8. The number of nitrogens with one attached hydrogen (secondary N) is 1. The van der Waals surface area contributed by atoms with Crippen LogP contribution in [0.25, 0.3) is 0 Å². The molecule has 11 heteroatoms. The SMILES string of the molecule is COCC1(COPO)COC(C)C(n2cc(C#CCN)c(=O)[nH]c2=O)O1. The number of rotatable bonds is 6. The molecule has 1 aliphatic rings. The topological polar surface area (TPSA) is 138 Å². The second-order valence-electron chi connectivity index (χ2n) is 5.74. The van der Waals surface area contributed by atoms with Crippen molar-refractivity contribution in [2.75, 3.05) is 33.5 Å². The fourth-order valence-electron chi connectivity index (χ4n) is 2.56. The van der Waals surface area contributed by atoms with E-state index in [0.29, 0.717) is 0 Å². The molecule has 0 saturated carbocycles. The zero-order valence-corrected chi connectivity index (χ0v) is 15.5. The van der Waals surface area contributed by atoms with E-state index in [1.807, 2.05) is 0 Å². The van der Waals surface area contributed by atoms with Gasteiger partial charge in [0.05, 0.1) is 26.4 Å². The van der Waals surface area contributed by atoms with Crippen LogP contribution in [0.1, 0.15) is 18.7 Å². The van der Waals surface area contributed by atoms with Gasteiger partial charge in [0, 0.05) is 13.3 Å². The molecule has 1 saturated heterocycles. The van der Waals surface area contributed by atoms with Gasteiger partial charge in [0.1, 0.15) is 17.3 Å². The maximum Gasteiger partial charge on any atom is 0.330 e. The number of hydrogen-bond donors (Lipinski definition) is 3. The maximum absolute atomic E-state index is 12.3. The molecule has 1 aliphatic heterocycles. The number of H-pyrrole nitrogens is 1. The predicted molar refractivity (Wildman–Crippen MR) is 93.9 cm³/mol. The van der Waals surface area contributed by atoms with E-state index in [-0.39, 0.29) is 31.9 Å². The summed E-state index contributed by atoms with van der Waals surface area (Å²) in [6, 6.07) is 0. The van der Waals surface area contributed by atoms with E-state index in [2.05, 4.69) is 16.8 Å². The Kier molecular flexibility index (Phi) is 7.49. The van der Waals surface area contributed by atoms with Crippen molar-refractivity contribution in [3.05, 3.63) is 32.6 Å². The van der Waals surface area contributed by atoms with Gasteiger partial charge >= 0.3 is 5.69 Å². The van der Waals surface area contributed by atoms with E-state index in [1.165, 1.54) is 17.9 Å². The van der Waals surface area contributed by atoms with E-state index < -0.39 is 38.2 Å². The van der Waals surface area contributed by atoms with Gasteiger partial charge in [0.25, 0.3) is 5.56 Å². The third kappa shape index (κ3) is 4.78. The second-order valence-corrected chi connectivity index (χ2v) is 6.21.